The highest BCUT2D eigenvalue weighted by Crippen LogP contribution is 2.45. The maximum Gasteiger partial charge on any atom is 0.240 e. The first-order valence-corrected chi connectivity index (χ1v) is 10.7. The molecule has 1 aromatic carbocycles. The van der Waals surface area contributed by atoms with Crippen molar-refractivity contribution in [3.63, 3.8) is 0 Å². The van der Waals surface area contributed by atoms with Gasteiger partial charge in [0.15, 0.2) is 11.5 Å². The molecule has 4 aromatic rings. The lowest BCUT2D eigenvalue weighted by molar-refractivity contribution is -0.119. The number of nitrogens with zero attached hydrogens (tertiary/aromatic N) is 6. The molecule has 0 saturated carbocycles. The van der Waals surface area contributed by atoms with E-state index in [2.05, 4.69) is 32.3 Å². The summed E-state index contributed by atoms with van der Waals surface area (Å²) in [4.78, 5) is 31.4. The summed E-state index contributed by atoms with van der Waals surface area (Å²) in [5.41, 5.74) is 8.69. The van der Waals surface area contributed by atoms with Gasteiger partial charge in [0.2, 0.25) is 5.91 Å². The van der Waals surface area contributed by atoms with Gasteiger partial charge >= 0.3 is 0 Å². The number of aromatic nitrogens is 6. The summed E-state index contributed by atoms with van der Waals surface area (Å²) in [6, 6.07) is 7.11. The number of carbonyl (C=O) groups excluding carboxylic acids is 1. The van der Waals surface area contributed by atoms with Crippen molar-refractivity contribution in [1.82, 2.24) is 29.5 Å². The van der Waals surface area contributed by atoms with E-state index in [4.69, 9.17) is 22.3 Å². The summed E-state index contributed by atoms with van der Waals surface area (Å²) in [7, 11) is 0. The third kappa shape index (κ3) is 3.00. The van der Waals surface area contributed by atoms with Gasteiger partial charge in [-0.15, -0.1) is 0 Å². The topological polar surface area (TPSA) is 124 Å². The average Bonchev–Trinajstić information content (AvgIpc) is 3.25. The van der Waals surface area contributed by atoms with Crippen LogP contribution in [0, 0.1) is 6.92 Å². The minimum absolute atomic E-state index is 0.217. The smallest absolute Gasteiger partial charge is 0.240 e. The molecule has 32 heavy (non-hydrogen) atoms. The second kappa shape index (κ2) is 7.23. The molecular formula is C22H21ClN8O. The van der Waals surface area contributed by atoms with Crippen molar-refractivity contribution >= 4 is 34.8 Å². The van der Waals surface area contributed by atoms with Crippen LogP contribution in [-0.4, -0.2) is 35.5 Å². The van der Waals surface area contributed by atoms with Crippen LogP contribution < -0.4 is 11.1 Å². The average molecular weight is 449 g/mol. The predicted molar refractivity (Wildman–Crippen MR) is 121 cm³/mol. The van der Waals surface area contributed by atoms with Crippen molar-refractivity contribution < 1.29 is 4.79 Å². The lowest BCUT2D eigenvalue weighted by atomic mass is 9.78. The van der Waals surface area contributed by atoms with Crippen molar-refractivity contribution in [1.29, 1.82) is 0 Å². The van der Waals surface area contributed by atoms with Gasteiger partial charge < -0.3 is 11.1 Å². The van der Waals surface area contributed by atoms with E-state index in [0.29, 0.717) is 39.4 Å². The Morgan fingerprint density at radius 1 is 1.16 bits per heavy atom. The molecule has 3 N–H and O–H groups in total. The Bertz CT molecular complexity index is 1380. The van der Waals surface area contributed by atoms with Gasteiger partial charge in [-0.05, 0) is 38.0 Å². The number of rotatable bonds is 4. The molecule has 0 radical (unpaired) electrons. The molecule has 5 rings (SSSR count). The minimum atomic E-state index is -1.03. The molecule has 0 spiro atoms. The molecule has 0 aliphatic carbocycles. The minimum Gasteiger partial charge on any atom is -0.383 e. The Kier molecular flexibility index (Phi) is 4.59. The number of halogens is 1. The van der Waals surface area contributed by atoms with Gasteiger partial charge in [-0.1, -0.05) is 37.1 Å². The van der Waals surface area contributed by atoms with Crippen LogP contribution in [0.3, 0.4) is 0 Å². The van der Waals surface area contributed by atoms with Crippen molar-refractivity contribution in [3.8, 4) is 11.5 Å². The summed E-state index contributed by atoms with van der Waals surface area (Å²) < 4.78 is 1.69. The number of hydrogen-bond donors (Lipinski definition) is 2. The fraction of sp³-hybridized carbons (Fsp3) is 0.273. The summed E-state index contributed by atoms with van der Waals surface area (Å²) in [5.74, 6) is 1.34. The number of hydrogen-bond acceptors (Lipinski definition) is 7. The zero-order chi connectivity index (χ0) is 22.6. The predicted octanol–water partition coefficient (Wildman–Crippen LogP) is 3.34. The zero-order valence-electron chi connectivity index (χ0n) is 17.8. The van der Waals surface area contributed by atoms with E-state index in [0.717, 1.165) is 24.1 Å². The molecule has 4 heterocycles. The third-order valence-electron chi connectivity index (χ3n) is 5.76. The van der Waals surface area contributed by atoms with Crippen molar-refractivity contribution in [2.24, 2.45) is 0 Å². The Morgan fingerprint density at radius 3 is 2.62 bits per heavy atom. The highest BCUT2D eigenvalue weighted by molar-refractivity contribution is 6.30. The van der Waals surface area contributed by atoms with Crippen LogP contribution in [0.2, 0.25) is 5.02 Å². The quantitative estimate of drug-likeness (QED) is 0.490. The summed E-state index contributed by atoms with van der Waals surface area (Å²) in [6.45, 7) is 5.71. The normalized spacial score (nSPS) is 17.6. The summed E-state index contributed by atoms with van der Waals surface area (Å²) >= 11 is 6.03. The van der Waals surface area contributed by atoms with E-state index in [-0.39, 0.29) is 11.7 Å². The number of nitrogens with one attached hydrogen (secondary N) is 1. The molecule has 0 bridgehead atoms. The molecule has 1 atom stereocenters. The maximum atomic E-state index is 13.0. The molecule has 1 unspecified atom stereocenters. The molecule has 162 valence electrons. The standard InChI is InChI=1S/C22H21ClN8O/c1-4-5-14-20-25-11(2)30-31(20)10-15(26-14)18-27-17(24)16-19(28-18)29-21(32)22(16,3)12-6-8-13(23)9-7-12/h6-10H,4-5H2,1-3H3,(H3,24,27,28,29,32). The van der Waals surface area contributed by atoms with Gasteiger partial charge in [0.25, 0.3) is 0 Å². The Hall–Kier alpha value is -3.59. The van der Waals surface area contributed by atoms with E-state index in [1.54, 1.807) is 29.8 Å². The SMILES string of the molecule is CCCc1nc(-c2nc(N)c3c(n2)NC(=O)C3(C)c2ccc(Cl)cc2)cn2nc(C)nc12. The van der Waals surface area contributed by atoms with Gasteiger partial charge in [-0.3, -0.25) is 4.79 Å². The van der Waals surface area contributed by atoms with Gasteiger partial charge in [0.1, 0.15) is 28.6 Å². The highest BCUT2D eigenvalue weighted by Gasteiger charge is 2.47. The molecule has 1 amide bonds. The van der Waals surface area contributed by atoms with E-state index in [9.17, 15) is 4.79 Å². The Labute approximate surface area is 189 Å². The number of benzene rings is 1. The second-order valence-electron chi connectivity index (χ2n) is 7.99. The largest absolute Gasteiger partial charge is 0.383 e. The van der Waals surface area contributed by atoms with Crippen LogP contribution in [0.1, 0.15) is 42.9 Å². The first-order chi connectivity index (χ1) is 15.3. The van der Waals surface area contributed by atoms with Crippen molar-refractivity contribution in [2.45, 2.75) is 39.0 Å². The van der Waals surface area contributed by atoms with E-state index in [1.807, 2.05) is 19.1 Å². The number of anilines is 2. The molecule has 0 saturated heterocycles. The van der Waals surface area contributed by atoms with Crippen LogP contribution in [0.4, 0.5) is 11.6 Å². The van der Waals surface area contributed by atoms with Gasteiger partial charge in [0.05, 0.1) is 17.5 Å². The second-order valence-corrected chi connectivity index (χ2v) is 8.43. The molecule has 9 nitrogen and oxygen atoms in total. The molecule has 10 heteroatoms. The zero-order valence-corrected chi connectivity index (χ0v) is 18.6. The molecule has 1 aliphatic rings. The van der Waals surface area contributed by atoms with Crippen LogP contribution in [0.15, 0.2) is 30.5 Å². The fourth-order valence-electron chi connectivity index (χ4n) is 4.15. The van der Waals surface area contributed by atoms with Crippen LogP contribution in [0.25, 0.3) is 17.2 Å². The Morgan fingerprint density at radius 2 is 1.91 bits per heavy atom. The first kappa shape index (κ1) is 20.3. The number of nitrogen functional groups attached to an aromatic ring is 1. The van der Waals surface area contributed by atoms with E-state index < -0.39 is 5.41 Å². The van der Waals surface area contributed by atoms with Gasteiger partial charge in [-0.2, -0.15) is 5.10 Å². The molecule has 3 aromatic heterocycles. The van der Waals surface area contributed by atoms with Crippen LogP contribution in [-0.2, 0) is 16.6 Å². The van der Waals surface area contributed by atoms with Crippen molar-refractivity contribution in [2.75, 3.05) is 11.1 Å². The molecule has 0 fully saturated rings. The monoisotopic (exact) mass is 448 g/mol. The fourth-order valence-corrected chi connectivity index (χ4v) is 4.28. The lowest BCUT2D eigenvalue weighted by Crippen LogP contribution is -2.32. The molecule has 1 aliphatic heterocycles. The van der Waals surface area contributed by atoms with Gasteiger partial charge in [0, 0.05) is 5.02 Å². The van der Waals surface area contributed by atoms with E-state index >= 15 is 0 Å². The number of fused-ring (bicyclic) bond motifs is 2. The first-order valence-electron chi connectivity index (χ1n) is 10.3. The number of aryl methyl sites for hydroxylation is 2. The van der Waals surface area contributed by atoms with E-state index in [1.165, 1.54) is 0 Å². The lowest BCUT2D eigenvalue weighted by Gasteiger charge is -2.23. The molecular weight excluding hydrogens is 428 g/mol. The number of nitrogens with two attached hydrogens (primary N) is 1. The van der Waals surface area contributed by atoms with Crippen LogP contribution >= 0.6 is 11.6 Å². The Balaban J connectivity index is 1.66. The summed E-state index contributed by atoms with van der Waals surface area (Å²) in [5, 5.41) is 7.87. The van der Waals surface area contributed by atoms with Crippen molar-refractivity contribution in [3.05, 3.63) is 58.1 Å². The summed E-state index contributed by atoms with van der Waals surface area (Å²) in [6.07, 6.45) is 3.37. The number of amides is 1. The number of carbonyl (C=O) groups is 1. The maximum absolute atomic E-state index is 13.0. The highest BCUT2D eigenvalue weighted by atomic mass is 35.5. The third-order valence-corrected chi connectivity index (χ3v) is 6.01. The van der Waals surface area contributed by atoms with Crippen LogP contribution in [0.5, 0.6) is 0 Å². The van der Waals surface area contributed by atoms with Gasteiger partial charge in [-0.25, -0.2) is 24.5 Å².